The van der Waals surface area contributed by atoms with E-state index in [1.165, 1.54) is 80.3 Å². The van der Waals surface area contributed by atoms with Gasteiger partial charge in [-0.05, 0) is 96.9 Å². The van der Waals surface area contributed by atoms with Gasteiger partial charge in [-0.3, -0.25) is 0 Å². The van der Waals surface area contributed by atoms with E-state index >= 15 is 0 Å². The molecule has 0 N–H and O–H groups in total. The third kappa shape index (κ3) is 4.72. The standard InChI is InChI=1S/C53H34OS/c1-3-15-43-36(4-2)52-50(51-45-25-11-12-27-47(45)55-53(43)51)44-29-28-34(31-46(44)54-52)33-18-13-19-35(30-33)48-39-21-7-9-23-41(39)49(42-24-10-8-22-40(42)48)38-26-14-17-32-16-5-6-20-37(32)38/h3-31H,2H2,1H3/b15-3-. The fraction of sp³-hybridized carbons (Fsp3) is 0.0189. The quantitative estimate of drug-likeness (QED) is 0.162. The third-order valence-corrected chi connectivity index (χ3v) is 12.5. The lowest BCUT2D eigenvalue weighted by Gasteiger charge is -2.19. The van der Waals surface area contributed by atoms with Gasteiger partial charge < -0.3 is 4.42 Å². The van der Waals surface area contributed by atoms with Crippen molar-refractivity contribution in [3.63, 3.8) is 0 Å². The molecule has 258 valence electrons. The van der Waals surface area contributed by atoms with E-state index in [0.717, 1.165) is 38.6 Å². The summed E-state index contributed by atoms with van der Waals surface area (Å²) in [5, 5.41) is 12.3. The minimum atomic E-state index is 0.880. The second-order valence-corrected chi connectivity index (χ2v) is 15.4. The molecule has 11 rings (SSSR count). The molecule has 55 heavy (non-hydrogen) atoms. The van der Waals surface area contributed by atoms with Gasteiger partial charge in [0.1, 0.15) is 11.2 Å². The number of thiophene rings is 1. The van der Waals surface area contributed by atoms with Gasteiger partial charge in [-0.25, -0.2) is 0 Å². The summed E-state index contributed by atoms with van der Waals surface area (Å²) < 4.78 is 9.41. The molecule has 0 radical (unpaired) electrons. The number of fused-ring (bicyclic) bond motifs is 10. The van der Waals surface area contributed by atoms with Crippen molar-refractivity contribution in [1.29, 1.82) is 0 Å². The predicted molar refractivity (Wildman–Crippen MR) is 240 cm³/mol. The molecule has 1 nitrogen and oxygen atoms in total. The first kappa shape index (κ1) is 31.8. The molecule has 11 aromatic rings. The summed E-state index contributed by atoms with van der Waals surface area (Å²) >= 11 is 1.84. The first-order chi connectivity index (χ1) is 27.2. The van der Waals surface area contributed by atoms with E-state index in [-0.39, 0.29) is 0 Å². The molecule has 2 aromatic heterocycles. The molecule has 0 unspecified atom stereocenters. The Morgan fingerprint density at radius 3 is 1.87 bits per heavy atom. The Balaban J connectivity index is 1.13. The summed E-state index contributed by atoms with van der Waals surface area (Å²) in [5.74, 6) is 0. The molecule has 0 aliphatic carbocycles. The van der Waals surface area contributed by atoms with Gasteiger partial charge in [0.2, 0.25) is 0 Å². The Morgan fingerprint density at radius 2 is 1.13 bits per heavy atom. The zero-order chi connectivity index (χ0) is 36.6. The summed E-state index contributed by atoms with van der Waals surface area (Å²) in [7, 11) is 0. The van der Waals surface area contributed by atoms with Crippen molar-refractivity contribution in [2.24, 2.45) is 0 Å². The maximum atomic E-state index is 6.87. The van der Waals surface area contributed by atoms with Gasteiger partial charge in [-0.15, -0.1) is 11.3 Å². The maximum absolute atomic E-state index is 6.87. The van der Waals surface area contributed by atoms with Crippen LogP contribution in [0.25, 0.3) is 120 Å². The molecule has 0 atom stereocenters. The maximum Gasteiger partial charge on any atom is 0.143 e. The first-order valence-electron chi connectivity index (χ1n) is 18.8. The molecule has 0 aliphatic rings. The molecule has 0 fully saturated rings. The summed E-state index contributed by atoms with van der Waals surface area (Å²) in [4.78, 5) is 0. The van der Waals surface area contributed by atoms with E-state index in [1.54, 1.807) is 0 Å². The van der Waals surface area contributed by atoms with E-state index in [9.17, 15) is 0 Å². The molecule has 0 bridgehead atoms. The van der Waals surface area contributed by atoms with Crippen molar-refractivity contribution in [3.05, 3.63) is 182 Å². The normalized spacial score (nSPS) is 12.1. The van der Waals surface area contributed by atoms with Crippen LogP contribution in [0.1, 0.15) is 18.1 Å². The van der Waals surface area contributed by atoms with Crippen LogP contribution in [0.4, 0.5) is 0 Å². The Hall–Kier alpha value is -6.74. The van der Waals surface area contributed by atoms with E-state index in [4.69, 9.17) is 4.42 Å². The van der Waals surface area contributed by atoms with Crippen molar-refractivity contribution < 1.29 is 4.42 Å². The van der Waals surface area contributed by atoms with Gasteiger partial charge in [-0.1, -0.05) is 158 Å². The summed E-state index contributed by atoms with van der Waals surface area (Å²) in [5.41, 5.74) is 11.2. The van der Waals surface area contributed by atoms with Crippen LogP contribution in [0, 0.1) is 0 Å². The van der Waals surface area contributed by atoms with Crippen molar-refractivity contribution >= 4 is 97.9 Å². The second-order valence-electron chi connectivity index (χ2n) is 14.3. The van der Waals surface area contributed by atoms with Gasteiger partial charge in [0.05, 0.1) is 0 Å². The number of furan rings is 1. The second kappa shape index (κ2) is 12.4. The van der Waals surface area contributed by atoms with E-state index in [1.807, 2.05) is 17.4 Å². The zero-order valence-electron chi connectivity index (χ0n) is 30.3. The van der Waals surface area contributed by atoms with Crippen LogP contribution in [0.15, 0.2) is 175 Å². The summed E-state index contributed by atoms with van der Waals surface area (Å²) in [6.45, 7) is 6.32. The van der Waals surface area contributed by atoms with Crippen LogP contribution in [0.3, 0.4) is 0 Å². The summed E-state index contributed by atoms with van der Waals surface area (Å²) in [6.07, 6.45) is 6.25. The van der Waals surface area contributed by atoms with Gasteiger partial charge in [0.25, 0.3) is 0 Å². The van der Waals surface area contributed by atoms with E-state index in [0.29, 0.717) is 0 Å². The summed E-state index contributed by atoms with van der Waals surface area (Å²) in [6, 6.07) is 57.6. The number of benzene rings is 9. The molecular weight excluding hydrogens is 685 g/mol. The number of hydrogen-bond acceptors (Lipinski definition) is 2. The molecule has 0 aliphatic heterocycles. The van der Waals surface area contributed by atoms with E-state index in [2.05, 4.69) is 183 Å². The fourth-order valence-electron chi connectivity index (χ4n) is 9.00. The SMILES string of the molecule is C=Cc1c(/C=C\C)c2sc3ccccc3c2c2c1oc1cc(-c3cccc(-c4c5ccccc5c(-c5cccc6ccccc56)c5ccccc45)c3)ccc12. The van der Waals surface area contributed by atoms with Crippen molar-refractivity contribution in [3.8, 4) is 33.4 Å². The molecule has 9 aromatic carbocycles. The Labute approximate surface area is 322 Å². The molecule has 0 saturated heterocycles. The highest BCUT2D eigenvalue weighted by Gasteiger charge is 2.22. The molecule has 2 heteroatoms. The van der Waals surface area contributed by atoms with Crippen LogP contribution < -0.4 is 0 Å². The van der Waals surface area contributed by atoms with Crippen molar-refractivity contribution in [2.45, 2.75) is 6.92 Å². The van der Waals surface area contributed by atoms with Crippen LogP contribution in [0.2, 0.25) is 0 Å². The molecular formula is C53H34OS. The lowest BCUT2D eigenvalue weighted by molar-refractivity contribution is 0.668. The van der Waals surface area contributed by atoms with Gasteiger partial charge in [-0.2, -0.15) is 0 Å². The highest BCUT2D eigenvalue weighted by Crippen LogP contribution is 2.49. The third-order valence-electron chi connectivity index (χ3n) is 11.3. The minimum absolute atomic E-state index is 0.880. The smallest absolute Gasteiger partial charge is 0.143 e. The van der Waals surface area contributed by atoms with Crippen LogP contribution in [-0.2, 0) is 0 Å². The topological polar surface area (TPSA) is 13.1 Å². The Bertz CT molecular complexity index is 3350. The van der Waals surface area contributed by atoms with E-state index < -0.39 is 0 Å². The molecule has 0 saturated carbocycles. The lowest BCUT2D eigenvalue weighted by atomic mass is 9.84. The monoisotopic (exact) mass is 718 g/mol. The van der Waals surface area contributed by atoms with Crippen molar-refractivity contribution in [1.82, 2.24) is 0 Å². The highest BCUT2D eigenvalue weighted by atomic mass is 32.1. The number of hydrogen-bond donors (Lipinski definition) is 0. The first-order valence-corrected chi connectivity index (χ1v) is 19.6. The van der Waals surface area contributed by atoms with Crippen LogP contribution in [-0.4, -0.2) is 0 Å². The van der Waals surface area contributed by atoms with Crippen LogP contribution >= 0.6 is 11.3 Å². The average Bonchev–Trinajstić information content (AvgIpc) is 3.81. The van der Waals surface area contributed by atoms with Crippen LogP contribution in [0.5, 0.6) is 0 Å². The van der Waals surface area contributed by atoms with Crippen molar-refractivity contribution in [2.75, 3.05) is 0 Å². The fourth-order valence-corrected chi connectivity index (χ4v) is 10.3. The Kier molecular flexibility index (Phi) is 7.17. The predicted octanol–water partition coefficient (Wildman–Crippen LogP) is 16.1. The van der Waals surface area contributed by atoms with Gasteiger partial charge in [0, 0.05) is 42.1 Å². The average molecular weight is 719 g/mol. The molecule has 2 heterocycles. The largest absolute Gasteiger partial charge is 0.455 e. The van der Waals surface area contributed by atoms with Gasteiger partial charge >= 0.3 is 0 Å². The number of allylic oxidation sites excluding steroid dienone is 1. The minimum Gasteiger partial charge on any atom is -0.455 e. The zero-order valence-corrected chi connectivity index (χ0v) is 31.1. The number of rotatable bonds is 5. The molecule has 0 spiro atoms. The Morgan fingerprint density at radius 1 is 0.509 bits per heavy atom. The lowest BCUT2D eigenvalue weighted by Crippen LogP contribution is -1.92. The molecule has 0 amide bonds. The van der Waals surface area contributed by atoms with Gasteiger partial charge in [0.15, 0.2) is 0 Å². The highest BCUT2D eigenvalue weighted by molar-refractivity contribution is 7.26.